The second kappa shape index (κ2) is 7.82. The largest absolute Gasteiger partial charge is 0.489 e. The molecule has 0 radical (unpaired) electrons. The molecule has 3 aromatic carbocycles. The van der Waals surface area contributed by atoms with E-state index in [1.54, 1.807) is 37.3 Å². The van der Waals surface area contributed by atoms with E-state index in [0.29, 0.717) is 23.3 Å². The summed E-state index contributed by atoms with van der Waals surface area (Å²) in [5.74, 6) is -3.14. The Morgan fingerprint density at radius 2 is 1.33 bits per heavy atom. The van der Waals surface area contributed by atoms with Gasteiger partial charge in [-0.2, -0.15) is 0 Å². The topological polar surface area (TPSA) is 9.23 Å². The van der Waals surface area contributed by atoms with Crippen LogP contribution < -0.4 is 4.74 Å². The molecule has 0 aromatic heterocycles. The Hall–Kier alpha value is -2.82. The van der Waals surface area contributed by atoms with Gasteiger partial charge >= 0.3 is 0 Å². The molecule has 0 amide bonds. The molecule has 1 nitrogen and oxygen atoms in total. The number of hydrogen-bond donors (Lipinski definition) is 0. The van der Waals surface area contributed by atoms with Crippen molar-refractivity contribution in [1.29, 1.82) is 0 Å². The third-order valence-electron chi connectivity index (χ3n) is 4.46. The minimum atomic E-state index is -0.930. The molecule has 0 fully saturated rings. The van der Waals surface area contributed by atoms with Gasteiger partial charge in [0.1, 0.15) is 12.4 Å². The van der Waals surface area contributed by atoms with Crippen molar-refractivity contribution in [2.75, 3.05) is 0 Å². The molecule has 0 N–H and O–H groups in total. The normalized spacial score (nSPS) is 10.9. The van der Waals surface area contributed by atoms with Gasteiger partial charge < -0.3 is 4.74 Å². The molecule has 0 aliphatic heterocycles. The Kier molecular flexibility index (Phi) is 5.49. The van der Waals surface area contributed by atoms with E-state index < -0.39 is 23.3 Å². The van der Waals surface area contributed by atoms with Crippen LogP contribution in [0.1, 0.15) is 23.6 Å². The Balaban J connectivity index is 1.77. The van der Waals surface area contributed by atoms with Crippen molar-refractivity contribution in [3.05, 3.63) is 88.5 Å². The highest BCUT2D eigenvalue weighted by Gasteiger charge is 2.14. The average Bonchev–Trinajstić information content (AvgIpc) is 2.68. The summed E-state index contributed by atoms with van der Waals surface area (Å²) in [5, 5.41) is 0. The molecule has 0 unspecified atom stereocenters. The van der Waals surface area contributed by atoms with E-state index in [0.717, 1.165) is 0 Å². The summed E-state index contributed by atoms with van der Waals surface area (Å²) >= 11 is 0. The number of ether oxygens (including phenoxy) is 1. The molecule has 5 heteroatoms. The van der Waals surface area contributed by atoms with Crippen molar-refractivity contribution in [1.82, 2.24) is 0 Å². The molecule has 0 saturated heterocycles. The number of rotatable bonds is 5. The van der Waals surface area contributed by atoms with Crippen LogP contribution >= 0.6 is 0 Å². The van der Waals surface area contributed by atoms with E-state index in [1.165, 1.54) is 25.1 Å². The zero-order valence-corrected chi connectivity index (χ0v) is 15.0. The summed E-state index contributed by atoms with van der Waals surface area (Å²) < 4.78 is 61.1. The smallest absolute Gasteiger partial charge is 0.166 e. The van der Waals surface area contributed by atoms with Crippen LogP contribution in [-0.2, 0) is 13.0 Å². The number of halogens is 4. The van der Waals surface area contributed by atoms with Crippen LogP contribution in [0, 0.1) is 30.2 Å². The SMILES string of the molecule is CCc1ccc(-c2ccc(OCc3ccc(C)c(F)c3F)cc2)c(F)c1F. The molecule has 0 saturated carbocycles. The van der Waals surface area contributed by atoms with E-state index in [2.05, 4.69) is 0 Å². The summed E-state index contributed by atoms with van der Waals surface area (Å²) in [6, 6.07) is 12.4. The van der Waals surface area contributed by atoms with Gasteiger partial charge in [-0.3, -0.25) is 0 Å². The molecule has 3 rings (SSSR count). The third kappa shape index (κ3) is 3.82. The lowest BCUT2D eigenvalue weighted by molar-refractivity contribution is 0.297. The molecule has 0 atom stereocenters. The van der Waals surface area contributed by atoms with Crippen LogP contribution in [0.15, 0.2) is 48.5 Å². The highest BCUT2D eigenvalue weighted by atomic mass is 19.2. The Morgan fingerprint density at radius 3 is 2.00 bits per heavy atom. The van der Waals surface area contributed by atoms with Crippen LogP contribution in [0.5, 0.6) is 5.75 Å². The van der Waals surface area contributed by atoms with Crippen LogP contribution in [0.4, 0.5) is 17.6 Å². The zero-order chi connectivity index (χ0) is 19.6. The number of benzene rings is 3. The van der Waals surface area contributed by atoms with Crippen LogP contribution in [0.2, 0.25) is 0 Å². The molecule has 3 aromatic rings. The van der Waals surface area contributed by atoms with Gasteiger partial charge in [-0.1, -0.05) is 43.3 Å². The standard InChI is InChI=1S/C22H18F4O/c1-3-14-8-11-18(22(26)20(14)24)15-6-9-17(10-7-15)27-12-16-5-4-13(2)19(23)21(16)25/h4-11H,3,12H2,1-2H3. The first kappa shape index (κ1) is 19.0. The highest BCUT2D eigenvalue weighted by molar-refractivity contribution is 5.65. The quantitative estimate of drug-likeness (QED) is 0.472. The minimum Gasteiger partial charge on any atom is -0.489 e. The maximum absolute atomic E-state index is 14.2. The van der Waals surface area contributed by atoms with E-state index in [9.17, 15) is 17.6 Å². The predicted molar refractivity (Wildman–Crippen MR) is 96.6 cm³/mol. The molecule has 0 spiro atoms. The van der Waals surface area contributed by atoms with Crippen molar-refractivity contribution in [2.24, 2.45) is 0 Å². The van der Waals surface area contributed by atoms with Gasteiger partial charge in [0.15, 0.2) is 23.3 Å². The summed E-state index contributed by atoms with van der Waals surface area (Å²) in [6.45, 7) is 3.10. The average molecular weight is 374 g/mol. The first-order valence-corrected chi connectivity index (χ1v) is 8.56. The monoisotopic (exact) mass is 374 g/mol. The van der Waals surface area contributed by atoms with Crippen molar-refractivity contribution in [2.45, 2.75) is 26.9 Å². The Labute approximate surface area is 155 Å². The molecular weight excluding hydrogens is 356 g/mol. The molecular formula is C22H18F4O. The summed E-state index contributed by atoms with van der Waals surface area (Å²) in [5.41, 5.74) is 1.30. The van der Waals surface area contributed by atoms with E-state index in [4.69, 9.17) is 4.74 Å². The van der Waals surface area contributed by atoms with Gasteiger partial charge in [0.2, 0.25) is 0 Å². The minimum absolute atomic E-state index is 0.102. The van der Waals surface area contributed by atoms with Gasteiger partial charge in [-0.25, -0.2) is 17.6 Å². The van der Waals surface area contributed by atoms with Crippen LogP contribution in [0.3, 0.4) is 0 Å². The number of hydrogen-bond acceptors (Lipinski definition) is 1. The lowest BCUT2D eigenvalue weighted by Crippen LogP contribution is -2.02. The van der Waals surface area contributed by atoms with E-state index >= 15 is 0 Å². The van der Waals surface area contributed by atoms with E-state index in [-0.39, 0.29) is 23.3 Å². The lowest BCUT2D eigenvalue weighted by Gasteiger charge is -2.11. The fourth-order valence-corrected chi connectivity index (χ4v) is 2.77. The van der Waals surface area contributed by atoms with Crippen molar-refractivity contribution < 1.29 is 22.3 Å². The Morgan fingerprint density at radius 1 is 0.704 bits per heavy atom. The predicted octanol–water partition coefficient (Wildman–Crippen LogP) is 6.36. The molecule has 0 aliphatic rings. The van der Waals surface area contributed by atoms with Crippen molar-refractivity contribution >= 4 is 0 Å². The van der Waals surface area contributed by atoms with Gasteiger partial charge in [-0.15, -0.1) is 0 Å². The first-order chi connectivity index (χ1) is 12.9. The molecule has 0 bridgehead atoms. The highest BCUT2D eigenvalue weighted by Crippen LogP contribution is 2.28. The fraction of sp³-hybridized carbons (Fsp3) is 0.182. The summed E-state index contributed by atoms with van der Waals surface area (Å²) in [6.07, 6.45) is 0.409. The number of aryl methyl sites for hydroxylation is 2. The summed E-state index contributed by atoms with van der Waals surface area (Å²) in [7, 11) is 0. The molecule has 0 heterocycles. The molecule has 140 valence electrons. The first-order valence-electron chi connectivity index (χ1n) is 8.56. The third-order valence-corrected chi connectivity index (χ3v) is 4.46. The van der Waals surface area contributed by atoms with E-state index in [1.807, 2.05) is 0 Å². The van der Waals surface area contributed by atoms with Gasteiger partial charge in [0.25, 0.3) is 0 Å². The van der Waals surface area contributed by atoms with Gasteiger partial charge in [0, 0.05) is 11.1 Å². The maximum Gasteiger partial charge on any atom is 0.166 e. The second-order valence-electron chi connectivity index (χ2n) is 6.24. The summed E-state index contributed by atoms with van der Waals surface area (Å²) in [4.78, 5) is 0. The maximum atomic E-state index is 14.2. The van der Waals surface area contributed by atoms with Gasteiger partial charge in [-0.05, 0) is 42.2 Å². The van der Waals surface area contributed by atoms with Crippen LogP contribution in [0.25, 0.3) is 11.1 Å². The zero-order valence-electron chi connectivity index (χ0n) is 15.0. The lowest BCUT2D eigenvalue weighted by atomic mass is 10.0. The Bertz CT molecular complexity index is 965. The van der Waals surface area contributed by atoms with Crippen molar-refractivity contribution in [3.8, 4) is 16.9 Å². The molecule has 0 aliphatic carbocycles. The van der Waals surface area contributed by atoms with Crippen molar-refractivity contribution in [3.63, 3.8) is 0 Å². The fourth-order valence-electron chi connectivity index (χ4n) is 2.77. The van der Waals surface area contributed by atoms with Crippen LogP contribution in [-0.4, -0.2) is 0 Å². The molecule has 27 heavy (non-hydrogen) atoms. The van der Waals surface area contributed by atoms with Gasteiger partial charge in [0.05, 0.1) is 0 Å². The second-order valence-corrected chi connectivity index (χ2v) is 6.24.